The highest BCUT2D eigenvalue weighted by Crippen LogP contribution is 2.39. The molecule has 0 radical (unpaired) electrons. The van der Waals surface area contributed by atoms with E-state index in [4.69, 9.17) is 10.7 Å². The molecule has 1 unspecified atom stereocenters. The van der Waals surface area contributed by atoms with Gasteiger partial charge in [0.1, 0.15) is 0 Å². The van der Waals surface area contributed by atoms with Gasteiger partial charge < -0.3 is 11.1 Å². The average molecular weight is 441 g/mol. The third-order valence-corrected chi connectivity index (χ3v) is 6.02. The van der Waals surface area contributed by atoms with Crippen molar-refractivity contribution in [1.29, 1.82) is 0 Å². The average Bonchev–Trinajstić information content (AvgIpc) is 3.11. The summed E-state index contributed by atoms with van der Waals surface area (Å²) in [6.07, 6.45) is 0.849. The summed E-state index contributed by atoms with van der Waals surface area (Å²) in [7, 11) is 0. The second-order valence-electron chi connectivity index (χ2n) is 8.29. The van der Waals surface area contributed by atoms with Crippen LogP contribution >= 0.6 is 0 Å². The molecule has 3 aromatic carbocycles. The Balaban J connectivity index is 1.67. The van der Waals surface area contributed by atoms with Crippen LogP contribution in [0.3, 0.4) is 0 Å². The molecule has 6 heteroatoms. The number of nitrogens with two attached hydrogens (primary N) is 1. The zero-order valence-electron chi connectivity index (χ0n) is 18.9. The zero-order valence-corrected chi connectivity index (χ0v) is 18.9. The summed E-state index contributed by atoms with van der Waals surface area (Å²) in [5.41, 5.74) is 7.95. The van der Waals surface area contributed by atoms with E-state index in [0.29, 0.717) is 5.56 Å². The molecule has 0 bridgehead atoms. The first-order chi connectivity index (χ1) is 16.0. The Morgan fingerprint density at radius 1 is 1.00 bits per heavy atom. The van der Waals surface area contributed by atoms with Crippen molar-refractivity contribution >= 4 is 17.8 Å². The molecule has 33 heavy (non-hydrogen) atoms. The second kappa shape index (κ2) is 9.28. The molecule has 6 nitrogen and oxygen atoms in total. The molecule has 2 amide bonds. The maximum Gasteiger partial charge on any atom is 0.266 e. The maximum atomic E-state index is 13.9. The highest BCUT2D eigenvalue weighted by atomic mass is 16.2. The minimum atomic E-state index is -1.24. The van der Waals surface area contributed by atoms with E-state index in [2.05, 4.69) is 5.32 Å². The van der Waals surface area contributed by atoms with E-state index in [1.807, 2.05) is 86.6 Å². The summed E-state index contributed by atoms with van der Waals surface area (Å²) < 4.78 is 0. The number of rotatable bonds is 7. The van der Waals surface area contributed by atoms with Gasteiger partial charge in [-0.25, -0.2) is 4.99 Å². The van der Waals surface area contributed by atoms with Crippen LogP contribution in [-0.2, 0) is 16.9 Å². The Hall–Kier alpha value is -3.93. The van der Waals surface area contributed by atoms with Crippen molar-refractivity contribution in [3.63, 3.8) is 0 Å². The highest BCUT2D eigenvalue weighted by Gasteiger charge is 2.50. The highest BCUT2D eigenvalue weighted by molar-refractivity contribution is 6.09. The van der Waals surface area contributed by atoms with E-state index in [9.17, 15) is 9.59 Å². The van der Waals surface area contributed by atoms with Gasteiger partial charge in [0.2, 0.25) is 0 Å². The Morgan fingerprint density at radius 2 is 1.61 bits per heavy atom. The van der Waals surface area contributed by atoms with Gasteiger partial charge in [-0.15, -0.1) is 0 Å². The zero-order chi connectivity index (χ0) is 23.4. The molecule has 168 valence electrons. The number of nitrogens with one attached hydrogen (secondary N) is 1. The summed E-state index contributed by atoms with van der Waals surface area (Å²) in [5, 5.41) is 2.97. The number of nitrogens with zero attached hydrogens (tertiary/aromatic N) is 2. The number of hydrogen-bond acceptors (Lipinski definition) is 4. The SMILES string of the molecule is CCC(C)NC(=O)c1cccc(CN2C(=O)C(c3ccccc3)(c3ccccc3)N=C2N)c1. The van der Waals surface area contributed by atoms with Crippen LogP contribution in [0.1, 0.15) is 47.3 Å². The summed E-state index contributed by atoms with van der Waals surface area (Å²) in [6.45, 7) is 4.21. The number of hydrogen-bond donors (Lipinski definition) is 2. The fourth-order valence-electron chi connectivity index (χ4n) is 4.04. The van der Waals surface area contributed by atoms with Gasteiger partial charge in [-0.3, -0.25) is 14.5 Å². The molecule has 3 aromatic rings. The van der Waals surface area contributed by atoms with Gasteiger partial charge in [0.25, 0.3) is 11.8 Å². The van der Waals surface area contributed by atoms with Crippen LogP contribution < -0.4 is 11.1 Å². The van der Waals surface area contributed by atoms with Crippen molar-refractivity contribution in [2.24, 2.45) is 10.7 Å². The van der Waals surface area contributed by atoms with Crippen molar-refractivity contribution in [1.82, 2.24) is 10.2 Å². The van der Waals surface area contributed by atoms with Crippen molar-refractivity contribution in [2.75, 3.05) is 0 Å². The summed E-state index contributed by atoms with van der Waals surface area (Å²) >= 11 is 0. The first kappa shape index (κ1) is 22.3. The molecule has 1 heterocycles. The summed E-state index contributed by atoms with van der Waals surface area (Å²) in [5.74, 6) is -0.197. The normalized spacial score (nSPS) is 15.8. The molecule has 0 saturated carbocycles. The van der Waals surface area contributed by atoms with Gasteiger partial charge in [0.05, 0.1) is 6.54 Å². The Morgan fingerprint density at radius 3 is 2.18 bits per heavy atom. The molecule has 1 aliphatic rings. The van der Waals surface area contributed by atoms with Crippen LogP contribution in [0.2, 0.25) is 0 Å². The smallest absolute Gasteiger partial charge is 0.266 e. The van der Waals surface area contributed by atoms with Gasteiger partial charge in [-0.05, 0) is 42.2 Å². The van der Waals surface area contributed by atoms with Crippen molar-refractivity contribution in [3.05, 3.63) is 107 Å². The van der Waals surface area contributed by atoms with E-state index < -0.39 is 5.54 Å². The molecule has 3 N–H and O–H groups in total. The predicted molar refractivity (Wildman–Crippen MR) is 129 cm³/mol. The lowest BCUT2D eigenvalue weighted by atomic mass is 9.83. The molecule has 0 aliphatic carbocycles. The predicted octanol–water partition coefficient (Wildman–Crippen LogP) is 3.82. The van der Waals surface area contributed by atoms with E-state index in [0.717, 1.165) is 23.1 Å². The summed E-state index contributed by atoms with van der Waals surface area (Å²) in [4.78, 5) is 32.7. The monoisotopic (exact) mass is 440 g/mol. The number of amides is 2. The van der Waals surface area contributed by atoms with E-state index in [1.54, 1.807) is 12.1 Å². The third-order valence-electron chi connectivity index (χ3n) is 6.02. The fourth-order valence-corrected chi connectivity index (χ4v) is 4.04. The molecular formula is C27H28N4O2. The van der Waals surface area contributed by atoms with Gasteiger partial charge >= 0.3 is 0 Å². The van der Waals surface area contributed by atoms with E-state index in [1.165, 1.54) is 4.90 Å². The van der Waals surface area contributed by atoms with Gasteiger partial charge in [0, 0.05) is 11.6 Å². The Kier molecular flexibility index (Phi) is 6.27. The lowest BCUT2D eigenvalue weighted by Gasteiger charge is -2.27. The standard InChI is InChI=1S/C27H28N4O2/c1-3-19(2)29-24(32)21-12-10-11-20(17-21)18-31-25(33)27(30-26(31)28,22-13-6-4-7-14-22)23-15-8-5-9-16-23/h4-17,19H,3,18H2,1-2H3,(H2,28,30)(H,29,32). The molecule has 0 saturated heterocycles. The van der Waals surface area contributed by atoms with Crippen LogP contribution in [0.15, 0.2) is 89.9 Å². The number of guanidine groups is 1. The van der Waals surface area contributed by atoms with Crippen LogP contribution in [0, 0.1) is 0 Å². The van der Waals surface area contributed by atoms with Gasteiger partial charge in [-0.2, -0.15) is 0 Å². The minimum absolute atomic E-state index is 0.0847. The van der Waals surface area contributed by atoms with Crippen molar-refractivity contribution < 1.29 is 9.59 Å². The van der Waals surface area contributed by atoms with E-state index >= 15 is 0 Å². The second-order valence-corrected chi connectivity index (χ2v) is 8.29. The van der Waals surface area contributed by atoms with Crippen LogP contribution in [0.4, 0.5) is 0 Å². The summed E-state index contributed by atoms with van der Waals surface area (Å²) in [6, 6.07) is 26.3. The van der Waals surface area contributed by atoms with Gasteiger partial charge in [-0.1, -0.05) is 79.7 Å². The molecule has 0 fully saturated rings. The van der Waals surface area contributed by atoms with Crippen LogP contribution in [0.25, 0.3) is 0 Å². The quantitative estimate of drug-likeness (QED) is 0.586. The molecule has 1 atom stereocenters. The molecule has 4 rings (SSSR count). The van der Waals surface area contributed by atoms with Crippen LogP contribution in [-0.4, -0.2) is 28.7 Å². The van der Waals surface area contributed by atoms with E-state index in [-0.39, 0.29) is 30.4 Å². The topological polar surface area (TPSA) is 87.8 Å². The van der Waals surface area contributed by atoms with Crippen molar-refractivity contribution in [2.45, 2.75) is 38.4 Å². The van der Waals surface area contributed by atoms with Crippen molar-refractivity contribution in [3.8, 4) is 0 Å². The molecular weight excluding hydrogens is 412 g/mol. The van der Waals surface area contributed by atoms with Crippen LogP contribution in [0.5, 0.6) is 0 Å². The number of benzene rings is 3. The number of aliphatic imine (C=N–C) groups is 1. The molecule has 1 aliphatic heterocycles. The largest absolute Gasteiger partial charge is 0.369 e. The maximum absolute atomic E-state index is 13.9. The Bertz CT molecular complexity index is 1140. The lowest BCUT2D eigenvalue weighted by Crippen LogP contribution is -2.43. The first-order valence-corrected chi connectivity index (χ1v) is 11.1. The molecule has 0 aromatic heterocycles. The number of carbonyl (C=O) groups excluding carboxylic acids is 2. The molecule has 0 spiro atoms. The minimum Gasteiger partial charge on any atom is -0.369 e. The Labute approximate surface area is 194 Å². The third kappa shape index (κ3) is 4.24. The lowest BCUT2D eigenvalue weighted by molar-refractivity contribution is -0.130. The first-order valence-electron chi connectivity index (χ1n) is 11.1. The fraction of sp³-hybridized carbons (Fsp3) is 0.222. The van der Waals surface area contributed by atoms with Gasteiger partial charge in [0.15, 0.2) is 11.5 Å². The number of carbonyl (C=O) groups is 2.